The highest BCUT2D eigenvalue weighted by molar-refractivity contribution is 5.71. The Kier molecular flexibility index (Phi) is 4.00. The van der Waals surface area contributed by atoms with Crippen LogP contribution in [0.5, 0.6) is 5.75 Å². The van der Waals surface area contributed by atoms with E-state index in [1.54, 1.807) is 7.11 Å². The maximum Gasteiger partial charge on any atom is 0.312 e. The van der Waals surface area contributed by atoms with Crippen LogP contribution in [0.4, 0.5) is 4.79 Å². The van der Waals surface area contributed by atoms with E-state index in [9.17, 15) is 4.79 Å². The fourth-order valence-electron chi connectivity index (χ4n) is 3.16. The molecule has 1 unspecified atom stereocenters. The monoisotopic (exact) mass is 296 g/mol. The van der Waals surface area contributed by atoms with Crippen molar-refractivity contribution >= 4 is 6.03 Å². The number of urea groups is 1. The van der Waals surface area contributed by atoms with Gasteiger partial charge in [0.05, 0.1) is 7.11 Å². The van der Waals surface area contributed by atoms with Crippen LogP contribution in [-0.4, -0.2) is 19.7 Å². The van der Waals surface area contributed by atoms with E-state index >= 15 is 0 Å². The summed E-state index contributed by atoms with van der Waals surface area (Å²) in [5.74, 6) is 1.04. The van der Waals surface area contributed by atoms with Crippen molar-refractivity contribution in [3.05, 3.63) is 64.7 Å². The molecule has 4 nitrogen and oxygen atoms in total. The van der Waals surface area contributed by atoms with Crippen LogP contribution in [0.1, 0.15) is 28.2 Å². The average molecular weight is 296 g/mol. The first kappa shape index (κ1) is 14.4. The van der Waals surface area contributed by atoms with Crippen LogP contribution in [0.3, 0.4) is 0 Å². The molecule has 114 valence electrons. The lowest BCUT2D eigenvalue weighted by atomic mass is 9.91. The molecule has 2 amide bonds. The highest BCUT2D eigenvalue weighted by atomic mass is 16.5. The van der Waals surface area contributed by atoms with Gasteiger partial charge in [-0.3, -0.25) is 0 Å². The van der Waals surface area contributed by atoms with Crippen molar-refractivity contribution in [1.82, 2.24) is 5.32 Å². The van der Waals surface area contributed by atoms with Crippen molar-refractivity contribution in [1.29, 1.82) is 0 Å². The normalized spacial score (nSPS) is 16.1. The summed E-state index contributed by atoms with van der Waals surface area (Å²) in [7, 11) is 1.67. The van der Waals surface area contributed by atoms with Crippen LogP contribution in [0.15, 0.2) is 42.5 Å². The Hall–Kier alpha value is -2.49. The van der Waals surface area contributed by atoms with Gasteiger partial charge in [0.15, 0.2) is 0 Å². The summed E-state index contributed by atoms with van der Waals surface area (Å²) in [4.78, 5) is 11.1. The number of nitrogens with one attached hydrogen (secondary N) is 1. The number of methoxy groups -OCH3 is 1. The van der Waals surface area contributed by atoms with Gasteiger partial charge >= 0.3 is 6.03 Å². The van der Waals surface area contributed by atoms with Gasteiger partial charge in [-0.05, 0) is 47.2 Å². The number of fused-ring (bicyclic) bond motifs is 2. The zero-order valence-corrected chi connectivity index (χ0v) is 12.6. The molecule has 0 aromatic heterocycles. The Balaban J connectivity index is 2.02. The molecule has 3 rings (SSSR count). The number of carbonyl (C=O) groups is 1. The Bertz CT molecular complexity index is 697. The average Bonchev–Trinajstić information content (AvgIpc) is 2.68. The van der Waals surface area contributed by atoms with Crippen LogP contribution in [0.25, 0.3) is 0 Å². The maximum absolute atomic E-state index is 11.1. The van der Waals surface area contributed by atoms with Crippen molar-refractivity contribution in [2.24, 2.45) is 5.73 Å². The molecular formula is C18H20N2O2. The molecule has 0 fully saturated rings. The van der Waals surface area contributed by atoms with Crippen molar-refractivity contribution < 1.29 is 9.53 Å². The lowest BCUT2D eigenvalue weighted by molar-refractivity contribution is 0.248. The molecule has 1 atom stereocenters. The largest absolute Gasteiger partial charge is 0.497 e. The number of ether oxygens (including phenoxy) is 1. The molecule has 22 heavy (non-hydrogen) atoms. The lowest BCUT2D eigenvalue weighted by Gasteiger charge is -2.19. The molecule has 0 radical (unpaired) electrons. The molecule has 1 aliphatic rings. The molecule has 0 spiro atoms. The second-order valence-electron chi connectivity index (χ2n) is 5.66. The van der Waals surface area contributed by atoms with E-state index in [1.165, 1.54) is 22.3 Å². The second kappa shape index (κ2) is 6.10. The summed E-state index contributed by atoms with van der Waals surface area (Å²) in [6.07, 6.45) is 1.79. The van der Waals surface area contributed by atoms with Crippen LogP contribution in [0.2, 0.25) is 0 Å². The summed E-state index contributed by atoms with van der Waals surface area (Å²) in [6, 6.07) is 14.2. The first-order valence-corrected chi connectivity index (χ1v) is 7.44. The minimum atomic E-state index is -0.484. The quantitative estimate of drug-likeness (QED) is 0.914. The van der Waals surface area contributed by atoms with E-state index in [0.717, 1.165) is 18.6 Å². The summed E-state index contributed by atoms with van der Waals surface area (Å²) in [6.45, 7) is 0.532. The minimum absolute atomic E-state index is 0.196. The maximum atomic E-state index is 11.1. The molecular weight excluding hydrogens is 276 g/mol. The molecule has 1 aliphatic carbocycles. The first-order chi connectivity index (χ1) is 10.7. The summed E-state index contributed by atoms with van der Waals surface area (Å²) < 4.78 is 5.36. The number of primary amides is 1. The van der Waals surface area contributed by atoms with E-state index in [2.05, 4.69) is 41.7 Å². The molecule has 2 aromatic carbocycles. The van der Waals surface area contributed by atoms with Crippen LogP contribution >= 0.6 is 0 Å². The molecule has 0 bridgehead atoms. The molecule has 4 heteroatoms. The fourth-order valence-corrected chi connectivity index (χ4v) is 3.16. The van der Waals surface area contributed by atoms with Crippen molar-refractivity contribution in [2.75, 3.05) is 13.7 Å². The highest BCUT2D eigenvalue weighted by Crippen LogP contribution is 2.33. The summed E-state index contributed by atoms with van der Waals surface area (Å²) in [5.41, 5.74) is 10.4. The van der Waals surface area contributed by atoms with Gasteiger partial charge in [-0.25, -0.2) is 4.79 Å². The standard InChI is InChI=1S/C18H20N2O2/c1-22-16-7-6-14-8-12-4-2-3-5-13(12)9-15(17(14)10-16)11-20-18(19)21/h2-7,10,15H,8-9,11H2,1H3,(H3,19,20,21). The molecule has 0 saturated carbocycles. The van der Waals surface area contributed by atoms with Crippen LogP contribution in [-0.2, 0) is 12.8 Å². The van der Waals surface area contributed by atoms with E-state index in [-0.39, 0.29) is 5.92 Å². The van der Waals surface area contributed by atoms with Crippen molar-refractivity contribution in [3.8, 4) is 5.75 Å². The predicted octanol–water partition coefficient (Wildman–Crippen LogP) is 2.59. The van der Waals surface area contributed by atoms with Crippen LogP contribution in [0, 0.1) is 0 Å². The Morgan fingerprint density at radius 1 is 1.23 bits per heavy atom. The van der Waals surface area contributed by atoms with Gasteiger partial charge < -0.3 is 15.8 Å². The fraction of sp³-hybridized carbons (Fsp3) is 0.278. The van der Waals surface area contributed by atoms with Crippen molar-refractivity contribution in [2.45, 2.75) is 18.8 Å². The third-order valence-corrected chi connectivity index (χ3v) is 4.28. The van der Waals surface area contributed by atoms with Crippen molar-refractivity contribution in [3.63, 3.8) is 0 Å². The number of carbonyl (C=O) groups excluding carboxylic acids is 1. The smallest absolute Gasteiger partial charge is 0.312 e. The number of hydrogen-bond acceptors (Lipinski definition) is 2. The van der Waals surface area contributed by atoms with E-state index < -0.39 is 6.03 Å². The Labute approximate surface area is 130 Å². The zero-order valence-electron chi connectivity index (χ0n) is 12.6. The third kappa shape index (κ3) is 2.91. The number of rotatable bonds is 3. The van der Waals surface area contributed by atoms with Gasteiger partial charge in [0.1, 0.15) is 5.75 Å². The SMILES string of the molecule is COc1ccc2c(c1)C(CNC(N)=O)Cc1ccccc1C2. The number of amides is 2. The molecule has 3 N–H and O–H groups in total. The van der Waals surface area contributed by atoms with Gasteiger partial charge in [-0.2, -0.15) is 0 Å². The van der Waals surface area contributed by atoms with Gasteiger partial charge in [0, 0.05) is 12.5 Å². The predicted molar refractivity (Wildman–Crippen MR) is 86.3 cm³/mol. The van der Waals surface area contributed by atoms with Gasteiger partial charge in [0.25, 0.3) is 0 Å². The number of hydrogen-bond donors (Lipinski definition) is 2. The Morgan fingerprint density at radius 2 is 2.00 bits per heavy atom. The van der Waals surface area contributed by atoms with Gasteiger partial charge in [-0.1, -0.05) is 30.3 Å². The van der Waals surface area contributed by atoms with Crippen LogP contribution < -0.4 is 15.8 Å². The topological polar surface area (TPSA) is 64.3 Å². The molecule has 0 saturated heterocycles. The molecule has 0 aliphatic heterocycles. The third-order valence-electron chi connectivity index (χ3n) is 4.28. The highest BCUT2D eigenvalue weighted by Gasteiger charge is 2.22. The second-order valence-corrected chi connectivity index (χ2v) is 5.66. The van der Waals surface area contributed by atoms with E-state index in [0.29, 0.717) is 6.54 Å². The first-order valence-electron chi connectivity index (χ1n) is 7.44. The number of benzene rings is 2. The van der Waals surface area contributed by atoms with Gasteiger partial charge in [0.2, 0.25) is 0 Å². The van der Waals surface area contributed by atoms with Gasteiger partial charge in [-0.15, -0.1) is 0 Å². The summed E-state index contributed by atoms with van der Waals surface area (Å²) >= 11 is 0. The Morgan fingerprint density at radius 3 is 2.73 bits per heavy atom. The lowest BCUT2D eigenvalue weighted by Crippen LogP contribution is -2.33. The summed E-state index contributed by atoms with van der Waals surface area (Å²) in [5, 5.41) is 2.75. The van der Waals surface area contributed by atoms with E-state index in [1.807, 2.05) is 6.07 Å². The number of nitrogens with two attached hydrogens (primary N) is 1. The zero-order chi connectivity index (χ0) is 15.5. The minimum Gasteiger partial charge on any atom is -0.497 e. The molecule has 0 heterocycles. The molecule has 2 aromatic rings. The van der Waals surface area contributed by atoms with E-state index in [4.69, 9.17) is 10.5 Å².